The van der Waals surface area contributed by atoms with Crippen molar-refractivity contribution in [2.45, 2.75) is 6.42 Å². The van der Waals surface area contributed by atoms with Crippen molar-refractivity contribution in [1.82, 2.24) is 0 Å². The molecule has 1 rings (SSSR count). The average molecular weight is 221 g/mol. The van der Waals surface area contributed by atoms with Gasteiger partial charge in [0.05, 0.1) is 5.75 Å². The van der Waals surface area contributed by atoms with Crippen molar-refractivity contribution in [3.63, 3.8) is 0 Å². The van der Waals surface area contributed by atoms with E-state index in [1.54, 1.807) is 24.3 Å². The van der Waals surface area contributed by atoms with Gasteiger partial charge in [-0.25, -0.2) is 0 Å². The van der Waals surface area contributed by atoms with Crippen LogP contribution in [0.1, 0.15) is 5.56 Å². The minimum atomic E-state index is -3.90. The van der Waals surface area contributed by atoms with Crippen molar-refractivity contribution in [2.75, 3.05) is 5.75 Å². The molecule has 0 amide bonds. The van der Waals surface area contributed by atoms with Crippen LogP contribution >= 0.6 is 11.6 Å². The monoisotopic (exact) mass is 220 g/mol. The van der Waals surface area contributed by atoms with Crippen molar-refractivity contribution in [1.29, 1.82) is 0 Å². The fourth-order valence-corrected chi connectivity index (χ4v) is 1.65. The first-order chi connectivity index (χ1) is 5.99. The smallest absolute Gasteiger partial charge is 0.265 e. The van der Waals surface area contributed by atoms with Gasteiger partial charge in [-0.05, 0) is 18.1 Å². The van der Waals surface area contributed by atoms with Crippen LogP contribution in [0.3, 0.4) is 0 Å². The zero-order chi connectivity index (χ0) is 9.90. The standard InChI is InChI=1S/C8H9ClO3S/c9-8-4-2-1-3-7(8)5-6-13(10,11)12/h1-4H,5-6H2,(H,10,11,12). The predicted molar refractivity (Wildman–Crippen MR) is 51.6 cm³/mol. The van der Waals surface area contributed by atoms with Crippen LogP contribution in [-0.4, -0.2) is 18.7 Å². The van der Waals surface area contributed by atoms with Gasteiger partial charge in [-0.2, -0.15) is 8.42 Å². The van der Waals surface area contributed by atoms with Crippen LogP contribution in [0.25, 0.3) is 0 Å². The van der Waals surface area contributed by atoms with E-state index in [4.69, 9.17) is 16.2 Å². The summed E-state index contributed by atoms with van der Waals surface area (Å²) >= 11 is 5.78. The number of benzene rings is 1. The Hall–Kier alpha value is -0.580. The second kappa shape index (κ2) is 4.09. The molecule has 0 saturated carbocycles. The molecule has 0 aliphatic carbocycles. The maximum atomic E-state index is 10.4. The van der Waals surface area contributed by atoms with Crippen molar-refractivity contribution >= 4 is 21.7 Å². The number of hydrogen-bond acceptors (Lipinski definition) is 2. The number of rotatable bonds is 3. The molecule has 3 nitrogen and oxygen atoms in total. The van der Waals surface area contributed by atoms with Crippen LogP contribution in [0.2, 0.25) is 5.02 Å². The Balaban J connectivity index is 2.71. The van der Waals surface area contributed by atoms with Crippen molar-refractivity contribution < 1.29 is 13.0 Å². The molecule has 0 fully saturated rings. The lowest BCUT2D eigenvalue weighted by Gasteiger charge is -2.01. The molecule has 0 atom stereocenters. The highest BCUT2D eigenvalue weighted by atomic mass is 35.5. The molecular weight excluding hydrogens is 212 g/mol. The summed E-state index contributed by atoms with van der Waals surface area (Å²) in [5, 5.41) is 0.520. The number of hydrogen-bond donors (Lipinski definition) is 1. The Morgan fingerprint density at radius 3 is 2.46 bits per heavy atom. The quantitative estimate of drug-likeness (QED) is 0.790. The molecule has 13 heavy (non-hydrogen) atoms. The summed E-state index contributed by atoms with van der Waals surface area (Å²) in [5.41, 5.74) is 0.724. The fourth-order valence-electron chi connectivity index (χ4n) is 0.940. The third-order valence-corrected chi connectivity index (χ3v) is 2.68. The first kappa shape index (κ1) is 10.5. The summed E-state index contributed by atoms with van der Waals surface area (Å²) in [7, 11) is -3.90. The summed E-state index contributed by atoms with van der Waals surface area (Å²) in [4.78, 5) is 0. The number of halogens is 1. The van der Waals surface area contributed by atoms with Crippen molar-refractivity contribution in [3.05, 3.63) is 34.9 Å². The van der Waals surface area contributed by atoms with E-state index in [1.807, 2.05) is 0 Å². The highest BCUT2D eigenvalue weighted by Crippen LogP contribution is 2.15. The van der Waals surface area contributed by atoms with Gasteiger partial charge < -0.3 is 0 Å². The van der Waals surface area contributed by atoms with Gasteiger partial charge in [-0.1, -0.05) is 29.8 Å². The molecular formula is C8H9ClO3S. The summed E-state index contributed by atoms with van der Waals surface area (Å²) in [6.07, 6.45) is 0.235. The first-order valence-electron chi connectivity index (χ1n) is 3.67. The van der Waals surface area contributed by atoms with Gasteiger partial charge in [-0.3, -0.25) is 4.55 Å². The summed E-state index contributed by atoms with van der Waals surface area (Å²) in [6.45, 7) is 0. The van der Waals surface area contributed by atoms with Gasteiger partial charge in [0.15, 0.2) is 0 Å². The summed E-state index contributed by atoms with van der Waals surface area (Å²) in [6, 6.07) is 6.94. The normalized spacial score (nSPS) is 11.5. The van der Waals surface area contributed by atoms with Gasteiger partial charge in [0, 0.05) is 5.02 Å². The zero-order valence-corrected chi connectivity index (χ0v) is 8.35. The summed E-state index contributed by atoms with van der Waals surface area (Å²) in [5.74, 6) is -0.295. The highest BCUT2D eigenvalue weighted by molar-refractivity contribution is 7.85. The molecule has 0 bridgehead atoms. The zero-order valence-electron chi connectivity index (χ0n) is 6.77. The Morgan fingerprint density at radius 2 is 1.92 bits per heavy atom. The van der Waals surface area contributed by atoms with E-state index in [1.165, 1.54) is 0 Å². The van der Waals surface area contributed by atoms with Crippen molar-refractivity contribution in [3.8, 4) is 0 Å². The molecule has 0 saturated heterocycles. The largest absolute Gasteiger partial charge is 0.286 e. The van der Waals surface area contributed by atoms with Gasteiger partial charge in [-0.15, -0.1) is 0 Å². The van der Waals surface area contributed by atoms with Gasteiger partial charge in [0.2, 0.25) is 0 Å². The van der Waals surface area contributed by atoms with Crippen LogP contribution in [0.15, 0.2) is 24.3 Å². The predicted octanol–water partition coefficient (Wildman–Crippen LogP) is 1.77. The van der Waals surface area contributed by atoms with E-state index in [0.29, 0.717) is 5.02 Å². The first-order valence-corrected chi connectivity index (χ1v) is 5.66. The molecule has 0 aromatic heterocycles. The van der Waals surface area contributed by atoms with Crippen LogP contribution in [-0.2, 0) is 16.5 Å². The van der Waals surface area contributed by atoms with Crippen molar-refractivity contribution in [2.24, 2.45) is 0 Å². The van der Waals surface area contributed by atoms with Gasteiger partial charge in [0.25, 0.3) is 10.1 Å². The SMILES string of the molecule is O=S(=O)(O)CCc1ccccc1Cl. The molecule has 0 heterocycles. The second-order valence-electron chi connectivity index (χ2n) is 2.63. The topological polar surface area (TPSA) is 54.4 Å². The third kappa shape index (κ3) is 3.76. The van der Waals surface area contributed by atoms with E-state index in [9.17, 15) is 8.42 Å². The van der Waals surface area contributed by atoms with E-state index in [0.717, 1.165) is 5.56 Å². The Labute approximate surface area is 82.1 Å². The van der Waals surface area contributed by atoms with Gasteiger partial charge in [0.1, 0.15) is 0 Å². The van der Waals surface area contributed by atoms with Crippen LogP contribution in [0.4, 0.5) is 0 Å². The number of aryl methyl sites for hydroxylation is 1. The highest BCUT2D eigenvalue weighted by Gasteiger charge is 2.06. The van der Waals surface area contributed by atoms with Crippen LogP contribution in [0, 0.1) is 0 Å². The fraction of sp³-hybridized carbons (Fsp3) is 0.250. The summed E-state index contributed by atoms with van der Waals surface area (Å²) < 4.78 is 29.4. The Morgan fingerprint density at radius 1 is 1.31 bits per heavy atom. The maximum absolute atomic E-state index is 10.4. The van der Waals surface area contributed by atoms with E-state index in [2.05, 4.69) is 0 Å². The lowest BCUT2D eigenvalue weighted by molar-refractivity contribution is 0.482. The molecule has 1 aromatic carbocycles. The maximum Gasteiger partial charge on any atom is 0.265 e. The molecule has 1 N–H and O–H groups in total. The minimum Gasteiger partial charge on any atom is -0.286 e. The lowest BCUT2D eigenvalue weighted by atomic mass is 10.2. The molecule has 0 aliphatic heterocycles. The second-order valence-corrected chi connectivity index (χ2v) is 4.61. The lowest BCUT2D eigenvalue weighted by Crippen LogP contribution is -2.06. The Bertz CT molecular complexity index is 386. The molecule has 0 radical (unpaired) electrons. The molecule has 0 aliphatic rings. The van der Waals surface area contributed by atoms with Gasteiger partial charge >= 0.3 is 0 Å². The molecule has 0 spiro atoms. The molecule has 0 unspecified atom stereocenters. The minimum absolute atomic E-state index is 0.235. The third-order valence-electron chi connectivity index (χ3n) is 1.59. The molecule has 5 heteroatoms. The van der Waals surface area contributed by atoms with E-state index in [-0.39, 0.29) is 12.2 Å². The van der Waals surface area contributed by atoms with E-state index < -0.39 is 10.1 Å². The molecule has 1 aromatic rings. The average Bonchev–Trinajstić information content (AvgIpc) is 2.01. The van der Waals surface area contributed by atoms with Crippen LogP contribution in [0.5, 0.6) is 0 Å². The van der Waals surface area contributed by atoms with Crippen LogP contribution < -0.4 is 0 Å². The van der Waals surface area contributed by atoms with E-state index >= 15 is 0 Å². The Kier molecular flexibility index (Phi) is 3.30. The molecule has 72 valence electrons.